The maximum Gasteiger partial charge on any atom is 0.199 e. The summed E-state index contributed by atoms with van der Waals surface area (Å²) in [5.41, 5.74) is 4.93. The average Bonchev–Trinajstić information content (AvgIpc) is 2.64. The maximum atomic E-state index is 5.18. The van der Waals surface area contributed by atoms with Gasteiger partial charge >= 0.3 is 0 Å². The fraction of sp³-hybridized carbons (Fsp3) is 0.538. The molecule has 0 bridgehead atoms. The van der Waals surface area contributed by atoms with Gasteiger partial charge in [0.2, 0.25) is 0 Å². The third-order valence-electron chi connectivity index (χ3n) is 6.90. The Morgan fingerprint density at radius 3 is 2.03 bits per heavy atom. The summed E-state index contributed by atoms with van der Waals surface area (Å²) in [4.78, 5) is 7.40. The molecule has 0 atom stereocenters. The number of nitrogens with zero attached hydrogens (tertiary/aromatic N) is 3. The Kier molecular flexibility index (Phi) is 5.79. The minimum Gasteiger partial charge on any atom is -0.378 e. The highest BCUT2D eigenvalue weighted by Crippen LogP contribution is 2.57. The number of benzene rings is 1. The van der Waals surface area contributed by atoms with Crippen LogP contribution >= 0.6 is 0 Å². The highest BCUT2D eigenvalue weighted by Gasteiger charge is 2.60. The second kappa shape index (κ2) is 7.63. The van der Waals surface area contributed by atoms with Gasteiger partial charge in [-0.2, -0.15) is 0 Å². The number of anilines is 1. The molecule has 162 valence electrons. The van der Waals surface area contributed by atoms with Crippen molar-refractivity contribution in [2.24, 2.45) is 4.99 Å². The van der Waals surface area contributed by atoms with E-state index in [2.05, 4.69) is 115 Å². The number of aliphatic imine (C=N–C) groups is 1. The minimum absolute atomic E-state index is 0.136. The van der Waals surface area contributed by atoms with E-state index < -0.39 is 8.07 Å². The quantitative estimate of drug-likeness (QED) is 0.351. The van der Waals surface area contributed by atoms with Crippen molar-refractivity contribution in [2.45, 2.75) is 65.5 Å². The molecule has 0 N–H and O–H groups in total. The first kappa shape index (κ1) is 22.7. The molecule has 0 fully saturated rings. The number of hydrogen-bond donors (Lipinski definition) is 0. The maximum absolute atomic E-state index is 5.18. The Morgan fingerprint density at radius 2 is 1.53 bits per heavy atom. The summed E-state index contributed by atoms with van der Waals surface area (Å²) in [5, 5.41) is 3.25. The highest BCUT2D eigenvalue weighted by molar-refractivity contribution is 7.06. The van der Waals surface area contributed by atoms with E-state index in [0.29, 0.717) is 0 Å². The lowest BCUT2D eigenvalue weighted by Gasteiger charge is -2.55. The summed E-state index contributed by atoms with van der Waals surface area (Å²) in [6, 6.07) is 6.89. The van der Waals surface area contributed by atoms with Gasteiger partial charge < -0.3 is 4.90 Å². The Hall–Kier alpha value is -1.94. The summed E-state index contributed by atoms with van der Waals surface area (Å²) >= 11 is 0. The van der Waals surface area contributed by atoms with E-state index in [1.807, 2.05) is 0 Å². The molecule has 3 nitrogen and oxygen atoms in total. The van der Waals surface area contributed by atoms with Crippen molar-refractivity contribution in [1.82, 2.24) is 0 Å². The van der Waals surface area contributed by atoms with Crippen LogP contribution in [0.2, 0.25) is 10.1 Å². The number of allylic oxidation sites excluding steroid dienone is 4. The minimum atomic E-state index is -2.25. The monoisotopic (exact) mass is 422 g/mol. The number of rotatable bonds is 3. The third-order valence-corrected chi connectivity index (χ3v) is 13.8. The van der Waals surface area contributed by atoms with E-state index in [0.717, 1.165) is 13.1 Å². The van der Waals surface area contributed by atoms with Crippen LogP contribution < -0.4 is 10.1 Å². The molecule has 3 rings (SSSR count). The zero-order valence-electron chi connectivity index (χ0n) is 20.7. The molecule has 1 aromatic carbocycles. The normalized spacial score (nSPS) is 17.7. The van der Waals surface area contributed by atoms with Crippen LogP contribution in [0.3, 0.4) is 0 Å². The van der Waals surface area contributed by atoms with Crippen molar-refractivity contribution in [3.8, 4) is 0 Å². The molecule has 0 radical (unpaired) electrons. The van der Waals surface area contributed by atoms with E-state index in [9.17, 15) is 0 Å². The summed E-state index contributed by atoms with van der Waals surface area (Å²) in [5.74, 6) is 0. The van der Waals surface area contributed by atoms with Gasteiger partial charge in [0.25, 0.3) is 0 Å². The number of fused-ring (bicyclic) bond motifs is 2. The van der Waals surface area contributed by atoms with Crippen LogP contribution in [0.4, 0.5) is 11.4 Å². The van der Waals surface area contributed by atoms with Gasteiger partial charge in [0.1, 0.15) is 21.2 Å². The summed E-state index contributed by atoms with van der Waals surface area (Å²) in [6.07, 6.45) is 7.02. The van der Waals surface area contributed by atoms with Gasteiger partial charge in [-0.1, -0.05) is 41.5 Å². The molecule has 30 heavy (non-hydrogen) atoms. The van der Waals surface area contributed by atoms with Crippen LogP contribution in [0.25, 0.3) is 0 Å². The molecule has 1 aromatic rings. The molecule has 2 aliphatic rings. The van der Waals surface area contributed by atoms with Gasteiger partial charge in [0, 0.05) is 31.9 Å². The smallest absolute Gasteiger partial charge is 0.199 e. The van der Waals surface area contributed by atoms with Crippen molar-refractivity contribution in [2.75, 3.05) is 32.1 Å². The predicted molar refractivity (Wildman–Crippen MR) is 136 cm³/mol. The second-order valence-corrected chi connectivity index (χ2v) is 16.4. The molecule has 1 heterocycles. The molecular weight excluding hydrogens is 382 g/mol. The lowest BCUT2D eigenvalue weighted by atomic mass is 10.1. The zero-order chi connectivity index (χ0) is 22.5. The Labute approximate surface area is 184 Å². The largest absolute Gasteiger partial charge is 0.378 e. The molecule has 0 spiro atoms. The first-order valence-electron chi connectivity index (χ1n) is 11.3. The molecule has 0 saturated carbocycles. The lowest BCUT2D eigenvalue weighted by molar-refractivity contribution is -0.519. The standard InChI is InChI=1S/C26H40N3Si/c1-11-29(12-2)20-14-16-22-24(18-20)30(25(3,4)5,26(6,7)8)23-17-19(28(9)10)13-15-21(23)27-22/h13-18H,11-12H2,1-10H3/q+1. The van der Waals surface area contributed by atoms with Crippen LogP contribution in [0.1, 0.15) is 55.4 Å². The van der Waals surface area contributed by atoms with Gasteiger partial charge in [-0.15, -0.1) is 0 Å². The predicted octanol–water partition coefficient (Wildman–Crippen LogP) is 5.62. The lowest BCUT2D eigenvalue weighted by Crippen LogP contribution is -2.66. The van der Waals surface area contributed by atoms with E-state index in [1.165, 1.54) is 33.2 Å². The fourth-order valence-corrected chi connectivity index (χ4v) is 13.5. The highest BCUT2D eigenvalue weighted by atomic mass is 28.3. The van der Waals surface area contributed by atoms with Gasteiger partial charge in [-0.3, -0.25) is 0 Å². The van der Waals surface area contributed by atoms with Crippen LogP contribution in [-0.2, 0) is 0 Å². The van der Waals surface area contributed by atoms with Crippen molar-refractivity contribution in [3.63, 3.8) is 0 Å². The van der Waals surface area contributed by atoms with Crippen LogP contribution in [0, 0.1) is 0 Å². The molecule has 4 heteroatoms. The first-order valence-corrected chi connectivity index (χ1v) is 13.3. The molecule has 0 unspecified atom stereocenters. The molecule has 0 amide bonds. The van der Waals surface area contributed by atoms with Crippen LogP contribution in [-0.4, -0.2) is 51.3 Å². The fourth-order valence-electron chi connectivity index (χ4n) is 5.92. The van der Waals surface area contributed by atoms with E-state index in [1.54, 1.807) is 0 Å². The summed E-state index contributed by atoms with van der Waals surface area (Å²) < 4.78 is 2.45. The molecule has 1 aliphatic carbocycles. The SMILES string of the molecule is CC[N+](CC)=C1C=CC2=Nc3ccc(N(C)C)cc3[Si](C(C)(C)C)(C(C)(C)C)C2=C1. The number of hydrogen-bond acceptors (Lipinski definition) is 2. The molecule has 1 aliphatic heterocycles. The van der Waals surface area contributed by atoms with E-state index in [4.69, 9.17) is 4.99 Å². The van der Waals surface area contributed by atoms with Crippen LogP contribution in [0.5, 0.6) is 0 Å². The van der Waals surface area contributed by atoms with E-state index in [-0.39, 0.29) is 10.1 Å². The van der Waals surface area contributed by atoms with Crippen molar-refractivity contribution in [3.05, 3.63) is 41.6 Å². The average molecular weight is 423 g/mol. The topological polar surface area (TPSA) is 18.6 Å². The van der Waals surface area contributed by atoms with Crippen molar-refractivity contribution >= 4 is 36.1 Å². The van der Waals surface area contributed by atoms with Gasteiger partial charge in [0.15, 0.2) is 5.71 Å². The second-order valence-electron chi connectivity index (χ2n) is 10.8. The first-order chi connectivity index (χ1) is 13.9. The molecular formula is C26H40N3Si+. The van der Waals surface area contributed by atoms with Crippen molar-refractivity contribution in [1.29, 1.82) is 0 Å². The Morgan fingerprint density at radius 1 is 0.933 bits per heavy atom. The summed E-state index contributed by atoms with van der Waals surface area (Å²) in [7, 11) is 2.01. The molecule has 0 saturated heterocycles. The Balaban J connectivity index is 2.48. The van der Waals surface area contributed by atoms with E-state index >= 15 is 0 Å². The Bertz CT molecular complexity index is 943. The van der Waals surface area contributed by atoms with Crippen molar-refractivity contribution < 1.29 is 4.58 Å². The van der Waals surface area contributed by atoms with Crippen LogP contribution in [0.15, 0.2) is 46.6 Å². The van der Waals surface area contributed by atoms with Gasteiger partial charge in [0.05, 0.1) is 11.4 Å². The summed E-state index contributed by atoms with van der Waals surface area (Å²) in [6.45, 7) is 21.2. The van der Waals surface area contributed by atoms with Gasteiger partial charge in [-0.25, -0.2) is 9.57 Å². The third kappa shape index (κ3) is 3.33. The molecule has 0 aromatic heterocycles. The zero-order valence-corrected chi connectivity index (χ0v) is 21.7. The van der Waals surface area contributed by atoms with Gasteiger partial charge in [-0.05, 0) is 58.6 Å².